The summed E-state index contributed by atoms with van der Waals surface area (Å²) in [6, 6.07) is 22.0. The summed E-state index contributed by atoms with van der Waals surface area (Å²) in [5.41, 5.74) is 2.60. The van der Waals surface area contributed by atoms with E-state index in [4.69, 9.17) is 4.74 Å². The van der Waals surface area contributed by atoms with E-state index in [1.165, 1.54) is 6.92 Å². The van der Waals surface area contributed by atoms with Crippen LogP contribution in [-0.2, 0) is 9.53 Å². The van der Waals surface area contributed by atoms with E-state index in [2.05, 4.69) is 48.8 Å². The van der Waals surface area contributed by atoms with Crippen molar-refractivity contribution in [1.82, 2.24) is 0 Å². The number of benzene rings is 3. The molecule has 3 rings (SSSR count). The quantitative estimate of drug-likeness (QED) is 0.313. The van der Waals surface area contributed by atoms with Gasteiger partial charge in [0.15, 0.2) is 6.10 Å². The van der Waals surface area contributed by atoms with Crippen LogP contribution in [0.25, 0.3) is 10.8 Å². The molecule has 0 aliphatic carbocycles. The smallest absolute Gasteiger partial charge is 0.304 e. The minimum Gasteiger partial charge on any atom is -0.444 e. The van der Waals surface area contributed by atoms with Gasteiger partial charge in [-0.15, -0.1) is 0 Å². The molecule has 3 aromatic carbocycles. The predicted octanol–water partition coefficient (Wildman–Crippen LogP) is 6.04. The fraction of sp³-hybridized carbons (Fsp3) is 0.222. The van der Waals surface area contributed by atoms with Crippen molar-refractivity contribution in [3.05, 3.63) is 83.4 Å². The molecule has 2 nitrogen and oxygen atoms in total. The summed E-state index contributed by atoms with van der Waals surface area (Å²) in [6.07, 6.45) is 2.29. The monoisotopic (exact) mass is 380 g/mol. The topological polar surface area (TPSA) is 26.3 Å². The zero-order valence-corrected chi connectivity index (χ0v) is 16.9. The standard InChI is InChI=1S/C27H24O2/c1-3-4-5-6-18-27(29-21(2)28)26-17-10-8-13-24(26)20-19-23-15-11-14-22-12-7-9-16-25(22)23/h7-17,27H,3-5H2,1-2H3. The SMILES string of the molecule is CCCCC#CC(OC(C)=O)c1ccccc1C#Cc1cccc2ccccc12. The summed E-state index contributed by atoms with van der Waals surface area (Å²) in [6.45, 7) is 3.54. The molecule has 0 heterocycles. The molecule has 0 radical (unpaired) electrons. The Kier molecular flexibility index (Phi) is 7.10. The normalized spacial score (nSPS) is 11.0. The average Bonchev–Trinajstić information content (AvgIpc) is 2.74. The van der Waals surface area contributed by atoms with E-state index in [9.17, 15) is 4.79 Å². The van der Waals surface area contributed by atoms with Gasteiger partial charge in [0.1, 0.15) is 0 Å². The fourth-order valence-electron chi connectivity index (χ4n) is 3.08. The second-order valence-corrected chi connectivity index (χ2v) is 6.78. The van der Waals surface area contributed by atoms with Crippen molar-refractivity contribution < 1.29 is 9.53 Å². The van der Waals surface area contributed by atoms with Crippen LogP contribution < -0.4 is 0 Å². The molecule has 0 amide bonds. The third-order valence-corrected chi connectivity index (χ3v) is 4.54. The molecule has 0 bridgehead atoms. The molecule has 0 aliphatic rings. The van der Waals surface area contributed by atoms with Gasteiger partial charge in [-0.3, -0.25) is 4.79 Å². The first-order valence-corrected chi connectivity index (χ1v) is 9.93. The minimum absolute atomic E-state index is 0.350. The maximum absolute atomic E-state index is 11.6. The van der Waals surface area contributed by atoms with Gasteiger partial charge >= 0.3 is 5.97 Å². The lowest BCUT2D eigenvalue weighted by atomic mass is 10.0. The molecular weight excluding hydrogens is 356 g/mol. The molecule has 0 N–H and O–H groups in total. The van der Waals surface area contributed by atoms with E-state index >= 15 is 0 Å². The van der Waals surface area contributed by atoms with Crippen molar-refractivity contribution >= 4 is 16.7 Å². The summed E-state index contributed by atoms with van der Waals surface area (Å²) in [5.74, 6) is 12.5. The Morgan fingerprint density at radius 3 is 2.45 bits per heavy atom. The first-order chi connectivity index (χ1) is 14.2. The van der Waals surface area contributed by atoms with Gasteiger partial charge in [-0.05, 0) is 29.3 Å². The summed E-state index contributed by atoms with van der Waals surface area (Å²) in [7, 11) is 0. The van der Waals surface area contributed by atoms with Gasteiger partial charge in [-0.25, -0.2) is 0 Å². The molecule has 0 aromatic heterocycles. The third-order valence-electron chi connectivity index (χ3n) is 4.54. The van der Waals surface area contributed by atoms with Crippen molar-refractivity contribution in [2.24, 2.45) is 0 Å². The number of rotatable bonds is 4. The number of hydrogen-bond acceptors (Lipinski definition) is 2. The van der Waals surface area contributed by atoms with Crippen LogP contribution in [-0.4, -0.2) is 5.97 Å². The Bertz CT molecular complexity index is 1110. The molecule has 0 fully saturated rings. The number of hydrogen-bond donors (Lipinski definition) is 0. The largest absolute Gasteiger partial charge is 0.444 e. The summed E-state index contributed by atoms with van der Waals surface area (Å²) >= 11 is 0. The van der Waals surface area contributed by atoms with Crippen LogP contribution in [0.1, 0.15) is 55.9 Å². The van der Waals surface area contributed by atoms with Crippen molar-refractivity contribution in [2.75, 3.05) is 0 Å². The Morgan fingerprint density at radius 2 is 1.62 bits per heavy atom. The summed E-state index contributed by atoms with van der Waals surface area (Å²) < 4.78 is 5.50. The van der Waals surface area contributed by atoms with Gasteiger partial charge in [-0.2, -0.15) is 0 Å². The van der Waals surface area contributed by atoms with Crippen LogP contribution in [0.2, 0.25) is 0 Å². The van der Waals surface area contributed by atoms with Crippen molar-refractivity contribution in [2.45, 2.75) is 39.2 Å². The van der Waals surface area contributed by atoms with Gasteiger partial charge < -0.3 is 4.74 Å². The van der Waals surface area contributed by atoms with E-state index < -0.39 is 6.10 Å². The number of ether oxygens (including phenoxy) is 1. The molecule has 3 aromatic rings. The molecule has 144 valence electrons. The van der Waals surface area contributed by atoms with Crippen LogP contribution in [0.4, 0.5) is 0 Å². The Balaban J connectivity index is 1.98. The van der Waals surface area contributed by atoms with Gasteiger partial charge in [-0.1, -0.05) is 91.6 Å². The van der Waals surface area contributed by atoms with E-state index in [0.29, 0.717) is 0 Å². The summed E-state index contributed by atoms with van der Waals surface area (Å²) in [5, 5.41) is 2.28. The highest BCUT2D eigenvalue weighted by Gasteiger charge is 2.15. The Labute approximate surface area is 172 Å². The van der Waals surface area contributed by atoms with Crippen LogP contribution in [0.5, 0.6) is 0 Å². The number of carbonyl (C=O) groups excluding carboxylic acids is 1. The first-order valence-electron chi connectivity index (χ1n) is 9.93. The molecule has 1 atom stereocenters. The van der Waals surface area contributed by atoms with Gasteiger partial charge in [0.25, 0.3) is 0 Å². The lowest BCUT2D eigenvalue weighted by molar-refractivity contribution is -0.144. The maximum atomic E-state index is 11.6. The van der Waals surface area contributed by atoms with Gasteiger partial charge in [0.05, 0.1) is 0 Å². The van der Waals surface area contributed by atoms with Crippen LogP contribution >= 0.6 is 0 Å². The molecular formula is C27H24O2. The minimum atomic E-state index is -0.609. The lowest BCUT2D eigenvalue weighted by Crippen LogP contribution is -2.08. The van der Waals surface area contributed by atoms with Crippen LogP contribution in [0.3, 0.4) is 0 Å². The zero-order valence-electron chi connectivity index (χ0n) is 16.9. The fourth-order valence-corrected chi connectivity index (χ4v) is 3.08. The molecule has 29 heavy (non-hydrogen) atoms. The van der Waals surface area contributed by atoms with Crippen molar-refractivity contribution in [3.8, 4) is 23.7 Å². The number of esters is 1. The lowest BCUT2D eigenvalue weighted by Gasteiger charge is -2.13. The predicted molar refractivity (Wildman–Crippen MR) is 118 cm³/mol. The maximum Gasteiger partial charge on any atom is 0.304 e. The molecule has 0 spiro atoms. The highest BCUT2D eigenvalue weighted by Crippen LogP contribution is 2.22. The molecule has 0 saturated carbocycles. The molecule has 1 unspecified atom stereocenters. The van der Waals surface area contributed by atoms with Crippen molar-refractivity contribution in [3.63, 3.8) is 0 Å². The Hall–Kier alpha value is -3.49. The van der Waals surface area contributed by atoms with E-state index in [0.717, 1.165) is 46.7 Å². The Morgan fingerprint density at radius 1 is 0.931 bits per heavy atom. The van der Waals surface area contributed by atoms with Crippen molar-refractivity contribution in [1.29, 1.82) is 0 Å². The highest BCUT2D eigenvalue weighted by molar-refractivity contribution is 5.88. The second-order valence-electron chi connectivity index (χ2n) is 6.78. The van der Waals surface area contributed by atoms with Crippen LogP contribution in [0.15, 0.2) is 66.7 Å². The van der Waals surface area contributed by atoms with E-state index in [-0.39, 0.29) is 5.97 Å². The van der Waals surface area contributed by atoms with Gasteiger partial charge in [0.2, 0.25) is 0 Å². The number of unbranched alkanes of at least 4 members (excludes halogenated alkanes) is 2. The second kappa shape index (κ2) is 10.2. The van der Waals surface area contributed by atoms with E-state index in [1.54, 1.807) is 0 Å². The molecule has 0 aliphatic heterocycles. The average molecular weight is 380 g/mol. The van der Waals surface area contributed by atoms with E-state index in [1.807, 2.05) is 48.5 Å². The number of fused-ring (bicyclic) bond motifs is 1. The van der Waals surface area contributed by atoms with Gasteiger partial charge in [0, 0.05) is 30.0 Å². The molecule has 2 heteroatoms. The number of carbonyl (C=O) groups is 1. The summed E-state index contributed by atoms with van der Waals surface area (Å²) in [4.78, 5) is 11.6. The third kappa shape index (κ3) is 5.50. The first kappa shape index (κ1) is 20.2. The highest BCUT2D eigenvalue weighted by atomic mass is 16.5. The van der Waals surface area contributed by atoms with Crippen LogP contribution in [0, 0.1) is 23.7 Å². The zero-order chi connectivity index (χ0) is 20.5. The molecule has 0 saturated heterocycles.